The van der Waals surface area contributed by atoms with E-state index in [0.717, 1.165) is 19.5 Å². The minimum absolute atomic E-state index is 0.327. The molecule has 0 amide bonds. The van der Waals surface area contributed by atoms with Crippen LogP contribution in [0.1, 0.15) is 26.7 Å². The Balaban J connectivity index is 2.60. The first-order chi connectivity index (χ1) is 7.10. The molecule has 0 bridgehead atoms. The number of piperidine rings is 1. The average molecular weight is 214 g/mol. The number of nitrogens with two attached hydrogens (primary N) is 1. The van der Waals surface area contributed by atoms with E-state index in [4.69, 9.17) is 10.8 Å². The number of carboxylic acids is 1. The molecule has 1 aliphatic rings. The number of carbonyl (C=O) groups is 1. The van der Waals surface area contributed by atoms with Crippen LogP contribution in [0.2, 0.25) is 0 Å². The zero-order chi connectivity index (χ0) is 11.4. The van der Waals surface area contributed by atoms with Gasteiger partial charge in [-0.25, -0.2) is 0 Å². The summed E-state index contributed by atoms with van der Waals surface area (Å²) < 4.78 is 0. The van der Waals surface area contributed by atoms with Crippen molar-refractivity contribution in [2.75, 3.05) is 19.6 Å². The van der Waals surface area contributed by atoms with E-state index >= 15 is 0 Å². The maximum absolute atomic E-state index is 11.0. The molecule has 0 aliphatic carbocycles. The van der Waals surface area contributed by atoms with Crippen LogP contribution >= 0.6 is 0 Å². The predicted molar refractivity (Wildman–Crippen MR) is 59.6 cm³/mol. The van der Waals surface area contributed by atoms with Gasteiger partial charge >= 0.3 is 5.97 Å². The van der Waals surface area contributed by atoms with E-state index in [1.807, 2.05) is 6.92 Å². The first-order valence-corrected chi connectivity index (χ1v) is 5.77. The van der Waals surface area contributed by atoms with E-state index in [9.17, 15) is 4.79 Å². The molecule has 0 saturated carbocycles. The van der Waals surface area contributed by atoms with Crippen LogP contribution in [0.5, 0.6) is 0 Å². The Morgan fingerprint density at radius 3 is 2.80 bits per heavy atom. The van der Waals surface area contributed by atoms with Gasteiger partial charge in [0.1, 0.15) is 6.04 Å². The Morgan fingerprint density at radius 2 is 2.33 bits per heavy atom. The van der Waals surface area contributed by atoms with E-state index in [1.54, 1.807) is 0 Å². The van der Waals surface area contributed by atoms with Gasteiger partial charge in [-0.2, -0.15) is 0 Å². The summed E-state index contributed by atoms with van der Waals surface area (Å²) in [5.74, 6) is 0.368. The monoisotopic (exact) mass is 214 g/mol. The molecular formula is C11H22N2O2. The Kier molecular flexibility index (Phi) is 4.54. The van der Waals surface area contributed by atoms with E-state index < -0.39 is 5.97 Å². The highest BCUT2D eigenvalue weighted by molar-refractivity contribution is 5.73. The number of hydrogen-bond donors (Lipinski definition) is 2. The van der Waals surface area contributed by atoms with Crippen LogP contribution in [-0.4, -0.2) is 41.7 Å². The number of carboxylic acid groups (broad SMARTS) is 1. The molecule has 1 heterocycles. The maximum Gasteiger partial charge on any atom is 0.320 e. The lowest BCUT2D eigenvalue weighted by Crippen LogP contribution is -2.50. The van der Waals surface area contributed by atoms with Crippen molar-refractivity contribution >= 4 is 5.97 Å². The summed E-state index contributed by atoms with van der Waals surface area (Å²) in [6.07, 6.45) is 1.73. The third-order valence-corrected chi connectivity index (χ3v) is 3.56. The standard InChI is InChI=1S/C11H22N2O2/c1-3-10(11(14)15)13-5-4-8(2)9(6-12)7-13/h8-10H,3-7,12H2,1-2H3,(H,14,15). The molecule has 1 saturated heterocycles. The Bertz CT molecular complexity index is 221. The third-order valence-electron chi connectivity index (χ3n) is 3.56. The summed E-state index contributed by atoms with van der Waals surface area (Å²) >= 11 is 0. The summed E-state index contributed by atoms with van der Waals surface area (Å²) in [6, 6.07) is -0.327. The quantitative estimate of drug-likeness (QED) is 0.725. The van der Waals surface area contributed by atoms with Crippen LogP contribution in [0.15, 0.2) is 0 Å². The first kappa shape index (κ1) is 12.5. The normalized spacial score (nSPS) is 30.1. The molecule has 3 N–H and O–H groups in total. The van der Waals surface area contributed by atoms with Gasteiger partial charge in [-0.3, -0.25) is 9.69 Å². The number of nitrogens with zero attached hydrogens (tertiary/aromatic N) is 1. The second-order valence-electron chi connectivity index (χ2n) is 4.52. The molecule has 3 unspecified atom stereocenters. The van der Waals surface area contributed by atoms with Crippen LogP contribution in [-0.2, 0) is 4.79 Å². The van der Waals surface area contributed by atoms with Crippen LogP contribution in [0.4, 0.5) is 0 Å². The van der Waals surface area contributed by atoms with Crippen LogP contribution in [0, 0.1) is 11.8 Å². The molecule has 0 radical (unpaired) electrons. The average Bonchev–Trinajstić information content (AvgIpc) is 2.21. The van der Waals surface area contributed by atoms with Crippen molar-refractivity contribution in [2.45, 2.75) is 32.7 Å². The molecule has 88 valence electrons. The Labute approximate surface area is 91.4 Å². The Hall–Kier alpha value is -0.610. The van der Waals surface area contributed by atoms with Gasteiger partial charge in [0.2, 0.25) is 0 Å². The largest absolute Gasteiger partial charge is 0.480 e. The maximum atomic E-state index is 11.0. The molecule has 15 heavy (non-hydrogen) atoms. The fourth-order valence-corrected chi connectivity index (χ4v) is 2.36. The summed E-state index contributed by atoms with van der Waals surface area (Å²) in [5, 5.41) is 9.08. The molecule has 1 aliphatic heterocycles. The Morgan fingerprint density at radius 1 is 1.67 bits per heavy atom. The highest BCUT2D eigenvalue weighted by atomic mass is 16.4. The molecule has 1 fully saturated rings. The highest BCUT2D eigenvalue weighted by Gasteiger charge is 2.31. The number of hydrogen-bond acceptors (Lipinski definition) is 3. The van der Waals surface area contributed by atoms with Crippen molar-refractivity contribution in [1.29, 1.82) is 0 Å². The minimum Gasteiger partial charge on any atom is -0.480 e. The minimum atomic E-state index is -0.706. The summed E-state index contributed by atoms with van der Waals surface area (Å²) in [7, 11) is 0. The van der Waals surface area contributed by atoms with Gasteiger partial charge in [-0.15, -0.1) is 0 Å². The summed E-state index contributed by atoms with van der Waals surface area (Å²) in [5.41, 5.74) is 5.70. The zero-order valence-corrected chi connectivity index (χ0v) is 9.65. The lowest BCUT2D eigenvalue weighted by molar-refractivity contribution is -0.144. The van der Waals surface area contributed by atoms with E-state index in [1.165, 1.54) is 0 Å². The lowest BCUT2D eigenvalue weighted by Gasteiger charge is -2.39. The van der Waals surface area contributed by atoms with Gasteiger partial charge in [0.05, 0.1) is 0 Å². The molecule has 0 spiro atoms. The first-order valence-electron chi connectivity index (χ1n) is 5.77. The van der Waals surface area contributed by atoms with Crippen molar-refractivity contribution in [3.8, 4) is 0 Å². The molecule has 0 aromatic heterocycles. The fraction of sp³-hybridized carbons (Fsp3) is 0.909. The van der Waals surface area contributed by atoms with Crippen molar-refractivity contribution < 1.29 is 9.90 Å². The number of likely N-dealkylation sites (tertiary alicyclic amines) is 1. The zero-order valence-electron chi connectivity index (χ0n) is 9.65. The molecular weight excluding hydrogens is 192 g/mol. The van der Waals surface area contributed by atoms with E-state index in [0.29, 0.717) is 24.8 Å². The van der Waals surface area contributed by atoms with Gasteiger partial charge in [0.15, 0.2) is 0 Å². The predicted octanol–water partition coefficient (Wildman–Crippen LogP) is 0.766. The molecule has 4 heteroatoms. The molecule has 1 rings (SSSR count). The highest BCUT2D eigenvalue weighted by Crippen LogP contribution is 2.24. The van der Waals surface area contributed by atoms with E-state index in [2.05, 4.69) is 11.8 Å². The van der Waals surface area contributed by atoms with Gasteiger partial charge in [0, 0.05) is 6.54 Å². The third kappa shape index (κ3) is 2.92. The number of aliphatic carboxylic acids is 1. The van der Waals surface area contributed by atoms with Crippen LogP contribution in [0.25, 0.3) is 0 Å². The molecule has 0 aromatic rings. The molecule has 0 aromatic carbocycles. The molecule has 3 atom stereocenters. The van der Waals surface area contributed by atoms with Crippen LogP contribution in [0.3, 0.4) is 0 Å². The fourth-order valence-electron chi connectivity index (χ4n) is 2.36. The van der Waals surface area contributed by atoms with Crippen molar-refractivity contribution in [1.82, 2.24) is 4.90 Å². The van der Waals surface area contributed by atoms with E-state index in [-0.39, 0.29) is 6.04 Å². The second kappa shape index (κ2) is 5.47. The van der Waals surface area contributed by atoms with Crippen molar-refractivity contribution in [3.05, 3.63) is 0 Å². The smallest absolute Gasteiger partial charge is 0.320 e. The second-order valence-corrected chi connectivity index (χ2v) is 4.52. The van der Waals surface area contributed by atoms with Crippen molar-refractivity contribution in [3.63, 3.8) is 0 Å². The summed E-state index contributed by atoms with van der Waals surface area (Å²) in [6.45, 7) is 6.52. The SMILES string of the molecule is CCC(C(=O)O)N1CCC(C)C(CN)C1. The van der Waals surface area contributed by atoms with Gasteiger partial charge in [-0.1, -0.05) is 13.8 Å². The van der Waals surface area contributed by atoms with Gasteiger partial charge < -0.3 is 10.8 Å². The number of rotatable bonds is 4. The lowest BCUT2D eigenvalue weighted by atomic mass is 9.86. The summed E-state index contributed by atoms with van der Waals surface area (Å²) in [4.78, 5) is 13.1. The molecule has 4 nitrogen and oxygen atoms in total. The van der Waals surface area contributed by atoms with Crippen molar-refractivity contribution in [2.24, 2.45) is 17.6 Å². The van der Waals surface area contributed by atoms with Gasteiger partial charge in [0.25, 0.3) is 0 Å². The van der Waals surface area contributed by atoms with Crippen LogP contribution < -0.4 is 5.73 Å². The van der Waals surface area contributed by atoms with Gasteiger partial charge in [-0.05, 0) is 37.8 Å². The topological polar surface area (TPSA) is 66.6 Å².